The summed E-state index contributed by atoms with van der Waals surface area (Å²) in [5.74, 6) is 0.538. The van der Waals surface area contributed by atoms with Crippen LogP contribution in [-0.4, -0.2) is 7.11 Å². The minimum absolute atomic E-state index is 0.167. The van der Waals surface area contributed by atoms with E-state index >= 15 is 0 Å². The molecular formula is C15H15BrFNO. The van der Waals surface area contributed by atoms with E-state index in [0.717, 1.165) is 21.3 Å². The van der Waals surface area contributed by atoms with Gasteiger partial charge in [-0.05, 0) is 47.9 Å². The van der Waals surface area contributed by atoms with Crippen molar-refractivity contribution in [3.8, 4) is 5.75 Å². The van der Waals surface area contributed by atoms with Gasteiger partial charge in [0.1, 0.15) is 11.6 Å². The molecular weight excluding hydrogens is 309 g/mol. The Morgan fingerprint density at radius 3 is 2.47 bits per heavy atom. The normalized spacial score (nSPS) is 12.2. The van der Waals surface area contributed by atoms with Crippen molar-refractivity contribution in [3.05, 3.63) is 63.9 Å². The van der Waals surface area contributed by atoms with Crippen molar-refractivity contribution in [2.75, 3.05) is 7.11 Å². The monoisotopic (exact) mass is 323 g/mol. The second kappa shape index (κ2) is 6.17. The minimum Gasteiger partial charge on any atom is -0.497 e. The summed E-state index contributed by atoms with van der Waals surface area (Å²) in [6.45, 7) is 0. The maximum atomic E-state index is 13.3. The van der Waals surface area contributed by atoms with Gasteiger partial charge in [-0.2, -0.15) is 0 Å². The molecule has 0 aliphatic rings. The molecule has 0 heterocycles. The molecule has 2 rings (SSSR count). The number of hydrogen-bond donors (Lipinski definition) is 1. The van der Waals surface area contributed by atoms with Crippen molar-refractivity contribution in [2.24, 2.45) is 5.73 Å². The lowest BCUT2D eigenvalue weighted by Gasteiger charge is -2.13. The Bertz CT molecular complexity index is 536. The quantitative estimate of drug-likeness (QED) is 0.927. The van der Waals surface area contributed by atoms with E-state index in [9.17, 15) is 4.39 Å². The molecule has 0 saturated heterocycles. The summed E-state index contributed by atoms with van der Waals surface area (Å²) in [6.07, 6.45) is 0.586. The maximum Gasteiger partial charge on any atom is 0.124 e. The third kappa shape index (κ3) is 3.78. The number of hydrogen-bond acceptors (Lipinski definition) is 2. The summed E-state index contributed by atoms with van der Waals surface area (Å²) in [4.78, 5) is 0. The van der Waals surface area contributed by atoms with E-state index in [-0.39, 0.29) is 11.9 Å². The van der Waals surface area contributed by atoms with Gasteiger partial charge in [-0.1, -0.05) is 28.1 Å². The summed E-state index contributed by atoms with van der Waals surface area (Å²) >= 11 is 3.28. The molecule has 0 amide bonds. The van der Waals surface area contributed by atoms with Gasteiger partial charge in [0.05, 0.1) is 7.11 Å². The van der Waals surface area contributed by atoms with Crippen LogP contribution in [0.5, 0.6) is 5.75 Å². The van der Waals surface area contributed by atoms with Crippen LogP contribution in [0.25, 0.3) is 0 Å². The predicted molar refractivity (Wildman–Crippen MR) is 77.7 cm³/mol. The fourth-order valence-corrected chi connectivity index (χ4v) is 2.46. The average Bonchev–Trinajstić information content (AvgIpc) is 2.37. The highest BCUT2D eigenvalue weighted by Crippen LogP contribution is 2.22. The first-order valence-corrected chi connectivity index (χ1v) is 6.72. The Kier molecular flexibility index (Phi) is 4.56. The molecule has 0 radical (unpaired) electrons. The number of halogens is 2. The first kappa shape index (κ1) is 14.0. The standard InChI is InChI=1S/C15H15BrFNO/c1-19-14-4-2-11(3-5-14)15(18)8-10-6-12(16)9-13(17)7-10/h2-7,9,15H,8,18H2,1H3. The van der Waals surface area contributed by atoms with Gasteiger partial charge in [-0.25, -0.2) is 4.39 Å². The Hall–Kier alpha value is -1.39. The molecule has 2 nitrogen and oxygen atoms in total. The number of ether oxygens (including phenoxy) is 1. The Morgan fingerprint density at radius 1 is 1.21 bits per heavy atom. The topological polar surface area (TPSA) is 35.2 Å². The number of rotatable bonds is 4. The van der Waals surface area contributed by atoms with Crippen molar-refractivity contribution >= 4 is 15.9 Å². The molecule has 2 N–H and O–H groups in total. The van der Waals surface area contributed by atoms with Crippen LogP contribution in [0.4, 0.5) is 4.39 Å². The van der Waals surface area contributed by atoms with E-state index in [4.69, 9.17) is 10.5 Å². The van der Waals surface area contributed by atoms with Gasteiger partial charge in [0.2, 0.25) is 0 Å². The van der Waals surface area contributed by atoms with Crippen LogP contribution in [0, 0.1) is 5.82 Å². The zero-order valence-electron chi connectivity index (χ0n) is 10.6. The number of benzene rings is 2. The lowest BCUT2D eigenvalue weighted by molar-refractivity contribution is 0.414. The van der Waals surface area contributed by atoms with Crippen LogP contribution in [0.15, 0.2) is 46.9 Å². The lowest BCUT2D eigenvalue weighted by atomic mass is 9.99. The second-order valence-corrected chi connectivity index (χ2v) is 5.28. The molecule has 1 atom stereocenters. The number of nitrogens with two attached hydrogens (primary N) is 1. The molecule has 1 unspecified atom stereocenters. The largest absolute Gasteiger partial charge is 0.497 e. The van der Waals surface area contributed by atoms with E-state index in [0.29, 0.717) is 6.42 Å². The van der Waals surface area contributed by atoms with Gasteiger partial charge in [-0.15, -0.1) is 0 Å². The summed E-state index contributed by atoms with van der Waals surface area (Å²) in [5, 5.41) is 0. The molecule has 4 heteroatoms. The maximum absolute atomic E-state index is 13.3. The fourth-order valence-electron chi connectivity index (χ4n) is 1.95. The Morgan fingerprint density at radius 2 is 1.89 bits per heavy atom. The molecule has 0 aliphatic heterocycles. The molecule has 2 aromatic rings. The average molecular weight is 324 g/mol. The predicted octanol–water partition coefficient (Wildman–Crippen LogP) is 3.84. The van der Waals surface area contributed by atoms with Gasteiger partial charge in [0.15, 0.2) is 0 Å². The molecule has 19 heavy (non-hydrogen) atoms. The van der Waals surface area contributed by atoms with Crippen LogP contribution < -0.4 is 10.5 Å². The van der Waals surface area contributed by atoms with Crippen LogP contribution in [0.3, 0.4) is 0 Å². The smallest absolute Gasteiger partial charge is 0.124 e. The van der Waals surface area contributed by atoms with Crippen molar-refractivity contribution in [3.63, 3.8) is 0 Å². The fraction of sp³-hybridized carbons (Fsp3) is 0.200. The van der Waals surface area contributed by atoms with Gasteiger partial charge < -0.3 is 10.5 Å². The van der Waals surface area contributed by atoms with E-state index in [2.05, 4.69) is 15.9 Å². The summed E-state index contributed by atoms with van der Waals surface area (Å²) in [5.41, 5.74) is 8.01. The molecule has 100 valence electrons. The lowest BCUT2D eigenvalue weighted by Crippen LogP contribution is -2.13. The molecule has 0 aliphatic carbocycles. The van der Waals surface area contributed by atoms with Crippen LogP contribution in [0.1, 0.15) is 17.2 Å². The van der Waals surface area contributed by atoms with E-state index in [1.807, 2.05) is 30.3 Å². The molecule has 0 fully saturated rings. The highest BCUT2D eigenvalue weighted by molar-refractivity contribution is 9.10. The zero-order chi connectivity index (χ0) is 13.8. The first-order valence-electron chi connectivity index (χ1n) is 5.93. The summed E-state index contributed by atoms with van der Waals surface area (Å²) < 4.78 is 19.1. The van der Waals surface area contributed by atoms with Crippen molar-refractivity contribution < 1.29 is 9.13 Å². The van der Waals surface area contributed by atoms with Gasteiger partial charge >= 0.3 is 0 Å². The first-order chi connectivity index (χ1) is 9.08. The third-order valence-corrected chi connectivity index (χ3v) is 3.38. The summed E-state index contributed by atoms with van der Waals surface area (Å²) in [6, 6.07) is 12.3. The molecule has 0 saturated carbocycles. The van der Waals surface area contributed by atoms with Crippen molar-refractivity contribution in [2.45, 2.75) is 12.5 Å². The molecule has 0 spiro atoms. The van der Waals surface area contributed by atoms with E-state index in [1.54, 1.807) is 7.11 Å². The van der Waals surface area contributed by atoms with Crippen LogP contribution in [0.2, 0.25) is 0 Å². The second-order valence-electron chi connectivity index (χ2n) is 4.36. The SMILES string of the molecule is COc1ccc(C(N)Cc2cc(F)cc(Br)c2)cc1. The highest BCUT2D eigenvalue weighted by Gasteiger charge is 2.09. The van der Waals surface area contributed by atoms with Crippen molar-refractivity contribution in [1.82, 2.24) is 0 Å². The molecule has 0 aromatic heterocycles. The van der Waals surface area contributed by atoms with E-state index in [1.165, 1.54) is 12.1 Å². The van der Waals surface area contributed by atoms with Crippen LogP contribution in [-0.2, 0) is 6.42 Å². The Labute approximate surface area is 120 Å². The van der Waals surface area contributed by atoms with Gasteiger partial charge in [-0.3, -0.25) is 0 Å². The highest BCUT2D eigenvalue weighted by atomic mass is 79.9. The molecule has 0 bridgehead atoms. The van der Waals surface area contributed by atoms with Gasteiger partial charge in [0, 0.05) is 10.5 Å². The van der Waals surface area contributed by atoms with Crippen molar-refractivity contribution in [1.29, 1.82) is 0 Å². The minimum atomic E-state index is -0.258. The van der Waals surface area contributed by atoms with Crippen LogP contribution >= 0.6 is 15.9 Å². The third-order valence-electron chi connectivity index (χ3n) is 2.92. The Balaban J connectivity index is 2.13. The number of methoxy groups -OCH3 is 1. The molecule has 2 aromatic carbocycles. The van der Waals surface area contributed by atoms with Gasteiger partial charge in [0.25, 0.3) is 0 Å². The zero-order valence-corrected chi connectivity index (χ0v) is 12.2. The van der Waals surface area contributed by atoms with E-state index < -0.39 is 0 Å². The summed E-state index contributed by atoms with van der Waals surface area (Å²) in [7, 11) is 1.62.